The molecule has 10 heteroatoms. The van der Waals surface area contributed by atoms with Crippen LogP contribution >= 0.6 is 0 Å². The van der Waals surface area contributed by atoms with Gasteiger partial charge in [-0.2, -0.15) is 13.2 Å². The molecule has 0 aliphatic carbocycles. The first kappa shape index (κ1) is 23.0. The predicted octanol–water partition coefficient (Wildman–Crippen LogP) is 3.48. The lowest BCUT2D eigenvalue weighted by atomic mass is 9.87. The molecule has 7 nitrogen and oxygen atoms in total. The number of aliphatic imine (C=N–C) groups is 1. The Morgan fingerprint density at radius 2 is 2.09 bits per heavy atom. The first-order chi connectivity index (χ1) is 15.7. The molecule has 3 atom stereocenters. The number of nitrogens with two attached hydrogens (primary N) is 1. The fourth-order valence-electron chi connectivity index (χ4n) is 4.20. The molecule has 2 N–H and O–H groups in total. The van der Waals surface area contributed by atoms with Crippen molar-refractivity contribution in [1.82, 2.24) is 4.90 Å². The predicted molar refractivity (Wildman–Crippen MR) is 116 cm³/mol. The Kier molecular flexibility index (Phi) is 6.29. The minimum absolute atomic E-state index is 0.0272. The van der Waals surface area contributed by atoms with Crippen LogP contribution in [0.1, 0.15) is 30.3 Å². The molecule has 2 aromatic rings. The van der Waals surface area contributed by atoms with E-state index < -0.39 is 35.7 Å². The molecule has 0 spiro atoms. The van der Waals surface area contributed by atoms with Crippen molar-refractivity contribution in [3.63, 3.8) is 0 Å². The van der Waals surface area contributed by atoms with Crippen LogP contribution in [0.15, 0.2) is 56.5 Å². The van der Waals surface area contributed by atoms with Gasteiger partial charge in [-0.05, 0) is 37.6 Å². The second kappa shape index (κ2) is 9.01. The number of para-hydroxylation sites is 1. The minimum Gasteiger partial charge on any atom is -0.473 e. The first-order valence-electron chi connectivity index (χ1n) is 10.7. The van der Waals surface area contributed by atoms with Gasteiger partial charge in [0.15, 0.2) is 11.2 Å². The van der Waals surface area contributed by atoms with Crippen LogP contribution in [0.4, 0.5) is 13.2 Å². The molecule has 2 aliphatic heterocycles. The summed E-state index contributed by atoms with van der Waals surface area (Å²) in [5.41, 5.74) is 4.72. The van der Waals surface area contributed by atoms with E-state index in [-0.39, 0.29) is 30.2 Å². The Hall–Kier alpha value is -3.14. The number of hydrogen-bond acceptors (Lipinski definition) is 6. The molecule has 3 heterocycles. The number of nitrogens with zero attached hydrogens (tertiary/aromatic N) is 2. The Labute approximate surface area is 187 Å². The monoisotopic (exact) mass is 463 g/mol. The lowest BCUT2D eigenvalue weighted by Gasteiger charge is -2.34. The molecule has 176 valence electrons. The van der Waals surface area contributed by atoms with Crippen molar-refractivity contribution < 1.29 is 27.1 Å². The number of carbonyl (C=O) groups is 1. The number of ether oxygens (including phenoxy) is 1. The van der Waals surface area contributed by atoms with Crippen molar-refractivity contribution in [3.8, 4) is 0 Å². The van der Waals surface area contributed by atoms with Gasteiger partial charge in [0.2, 0.25) is 5.88 Å². The normalized spacial score (nSPS) is 23.8. The van der Waals surface area contributed by atoms with E-state index in [9.17, 15) is 22.8 Å². The highest BCUT2D eigenvalue weighted by Crippen LogP contribution is 2.33. The van der Waals surface area contributed by atoms with E-state index >= 15 is 0 Å². The SMILES string of the molecule is CC1C(C(F)(F)F)=NC(O[C@H]2CCCN(C(=O)c3cc(=O)c4ccccc4o3)C2)=CC1CN. The van der Waals surface area contributed by atoms with Gasteiger partial charge >= 0.3 is 6.18 Å². The van der Waals surface area contributed by atoms with Gasteiger partial charge in [0.25, 0.3) is 5.91 Å². The smallest absolute Gasteiger partial charge is 0.429 e. The number of amides is 1. The lowest BCUT2D eigenvalue weighted by molar-refractivity contribution is -0.0646. The first-order valence-corrected chi connectivity index (χ1v) is 10.7. The number of carbonyl (C=O) groups excluding carboxylic acids is 1. The summed E-state index contributed by atoms with van der Waals surface area (Å²) in [6.45, 7) is 2.01. The standard InChI is InChI=1S/C23H24F3N3O4/c1-13-14(11-27)9-20(28-21(13)23(24,25)26)32-15-5-4-8-29(12-15)22(31)19-10-17(30)16-6-2-3-7-18(16)33-19/h2-3,6-7,9-10,13-15H,4-5,8,11-12,27H2,1H3/t13?,14?,15-/m0/s1. The van der Waals surface area contributed by atoms with Gasteiger partial charge in [0.05, 0.1) is 11.9 Å². The average molecular weight is 463 g/mol. The van der Waals surface area contributed by atoms with Crippen LogP contribution in [0.5, 0.6) is 0 Å². The molecule has 2 unspecified atom stereocenters. The zero-order valence-electron chi connectivity index (χ0n) is 18.0. The Bertz CT molecular complexity index is 1170. The summed E-state index contributed by atoms with van der Waals surface area (Å²) >= 11 is 0. The van der Waals surface area contributed by atoms with Crippen molar-refractivity contribution in [1.29, 1.82) is 0 Å². The zero-order valence-corrected chi connectivity index (χ0v) is 18.0. The maximum Gasteiger partial charge on any atom is 0.429 e. The van der Waals surface area contributed by atoms with Crippen LogP contribution in [0.25, 0.3) is 11.0 Å². The molecule has 33 heavy (non-hydrogen) atoms. The van der Waals surface area contributed by atoms with Crippen LogP contribution in [0.2, 0.25) is 0 Å². The number of benzene rings is 1. The topological polar surface area (TPSA) is 98.1 Å². The highest BCUT2D eigenvalue weighted by atomic mass is 19.4. The number of halogens is 3. The third-order valence-electron chi connectivity index (χ3n) is 6.02. The second-order valence-electron chi connectivity index (χ2n) is 8.29. The number of hydrogen-bond donors (Lipinski definition) is 1. The van der Waals surface area contributed by atoms with Gasteiger partial charge in [-0.25, -0.2) is 4.99 Å². The van der Waals surface area contributed by atoms with E-state index in [0.717, 1.165) is 6.07 Å². The number of alkyl halides is 3. The van der Waals surface area contributed by atoms with E-state index in [1.165, 1.54) is 17.9 Å². The van der Waals surface area contributed by atoms with Crippen molar-refractivity contribution in [3.05, 3.63) is 58.3 Å². The van der Waals surface area contributed by atoms with E-state index in [1.54, 1.807) is 24.3 Å². The van der Waals surface area contributed by atoms with Gasteiger partial charge in [-0.3, -0.25) is 9.59 Å². The largest absolute Gasteiger partial charge is 0.473 e. The molecule has 0 bridgehead atoms. The Morgan fingerprint density at radius 1 is 1.33 bits per heavy atom. The highest BCUT2D eigenvalue weighted by molar-refractivity contribution is 5.94. The number of rotatable bonds is 4. The lowest BCUT2D eigenvalue weighted by Crippen LogP contribution is -2.44. The third kappa shape index (κ3) is 4.80. The summed E-state index contributed by atoms with van der Waals surface area (Å²) in [7, 11) is 0. The number of fused-ring (bicyclic) bond motifs is 1. The van der Waals surface area contributed by atoms with Gasteiger partial charge < -0.3 is 19.8 Å². The summed E-state index contributed by atoms with van der Waals surface area (Å²) < 4.78 is 51.6. The molecular formula is C23H24F3N3O4. The fraction of sp³-hybridized carbons (Fsp3) is 0.435. The van der Waals surface area contributed by atoms with Gasteiger partial charge in [-0.1, -0.05) is 19.1 Å². The summed E-state index contributed by atoms with van der Waals surface area (Å²) in [5, 5.41) is 0.375. The molecule has 0 saturated carbocycles. The molecule has 4 rings (SSSR count). The van der Waals surface area contributed by atoms with E-state index in [4.69, 9.17) is 14.9 Å². The molecule has 1 fully saturated rings. The molecule has 2 aliphatic rings. The van der Waals surface area contributed by atoms with E-state index in [0.29, 0.717) is 30.4 Å². The van der Waals surface area contributed by atoms with Crippen LogP contribution in [-0.4, -0.2) is 48.4 Å². The van der Waals surface area contributed by atoms with Crippen LogP contribution in [-0.2, 0) is 4.74 Å². The van der Waals surface area contributed by atoms with Gasteiger partial charge in [0, 0.05) is 24.4 Å². The van der Waals surface area contributed by atoms with Crippen LogP contribution < -0.4 is 11.2 Å². The number of piperidine rings is 1. The molecule has 1 amide bonds. The summed E-state index contributed by atoms with van der Waals surface area (Å²) in [6.07, 6.45) is -2.50. The number of likely N-dealkylation sites (tertiary alicyclic amines) is 1. The Morgan fingerprint density at radius 3 is 2.82 bits per heavy atom. The summed E-state index contributed by atoms with van der Waals surface area (Å²) in [6, 6.07) is 7.79. The maximum atomic E-state index is 13.4. The molecule has 1 saturated heterocycles. The third-order valence-corrected chi connectivity index (χ3v) is 6.02. The molecule has 0 radical (unpaired) electrons. The second-order valence-corrected chi connectivity index (χ2v) is 8.29. The van der Waals surface area contributed by atoms with Crippen molar-refractivity contribution >= 4 is 22.6 Å². The van der Waals surface area contributed by atoms with E-state index in [2.05, 4.69) is 4.99 Å². The minimum atomic E-state index is -4.59. The van der Waals surface area contributed by atoms with Crippen LogP contribution in [0, 0.1) is 11.8 Å². The van der Waals surface area contributed by atoms with Crippen molar-refractivity contribution in [2.75, 3.05) is 19.6 Å². The molecular weight excluding hydrogens is 439 g/mol. The summed E-state index contributed by atoms with van der Waals surface area (Å²) in [4.78, 5) is 30.5. The zero-order chi connectivity index (χ0) is 23.8. The fourth-order valence-corrected chi connectivity index (χ4v) is 4.20. The van der Waals surface area contributed by atoms with Crippen molar-refractivity contribution in [2.45, 2.75) is 32.0 Å². The Balaban J connectivity index is 1.51. The van der Waals surface area contributed by atoms with E-state index in [1.807, 2.05) is 0 Å². The quantitative estimate of drug-likeness (QED) is 0.749. The summed E-state index contributed by atoms with van der Waals surface area (Å²) in [5.74, 6) is -2.13. The van der Waals surface area contributed by atoms with Crippen LogP contribution in [0.3, 0.4) is 0 Å². The van der Waals surface area contributed by atoms with Crippen molar-refractivity contribution in [2.24, 2.45) is 22.6 Å². The molecule has 1 aromatic heterocycles. The maximum absolute atomic E-state index is 13.4. The average Bonchev–Trinajstić information content (AvgIpc) is 2.79. The van der Waals surface area contributed by atoms with Gasteiger partial charge in [-0.15, -0.1) is 0 Å². The molecule has 1 aromatic carbocycles. The van der Waals surface area contributed by atoms with Gasteiger partial charge in [0.1, 0.15) is 17.4 Å². The highest BCUT2D eigenvalue weighted by Gasteiger charge is 2.43.